The van der Waals surface area contributed by atoms with E-state index in [-0.39, 0.29) is 23.8 Å². The summed E-state index contributed by atoms with van der Waals surface area (Å²) in [7, 11) is 0. The fraction of sp³-hybridized carbons (Fsp3) is 0.650. The van der Waals surface area contributed by atoms with Crippen molar-refractivity contribution in [2.45, 2.75) is 59.0 Å². The third-order valence-corrected chi connectivity index (χ3v) is 5.18. The van der Waals surface area contributed by atoms with Gasteiger partial charge in [0.1, 0.15) is 0 Å². The first-order chi connectivity index (χ1) is 10.9. The number of carbonyl (C=O) groups is 1. The maximum atomic E-state index is 12.7. The zero-order valence-corrected chi connectivity index (χ0v) is 14.7. The molecule has 0 saturated heterocycles. The van der Waals surface area contributed by atoms with Gasteiger partial charge in [-0.05, 0) is 36.2 Å². The van der Waals surface area contributed by atoms with Crippen molar-refractivity contribution in [1.82, 2.24) is 5.32 Å². The minimum atomic E-state index is -0.639. The third-order valence-electron chi connectivity index (χ3n) is 5.18. The summed E-state index contributed by atoms with van der Waals surface area (Å²) in [6, 6.07) is 9.51. The van der Waals surface area contributed by atoms with Crippen molar-refractivity contribution in [3.05, 3.63) is 35.9 Å². The van der Waals surface area contributed by atoms with Gasteiger partial charge in [-0.2, -0.15) is 0 Å². The summed E-state index contributed by atoms with van der Waals surface area (Å²) < 4.78 is 0. The van der Waals surface area contributed by atoms with Crippen LogP contribution in [0.4, 0.5) is 0 Å². The number of aliphatic hydroxyl groups is 1. The smallest absolute Gasteiger partial charge is 0.223 e. The monoisotopic (exact) mass is 317 g/mol. The lowest BCUT2D eigenvalue weighted by molar-refractivity contribution is -0.131. The van der Waals surface area contributed by atoms with Crippen molar-refractivity contribution >= 4 is 5.91 Å². The van der Waals surface area contributed by atoms with Crippen LogP contribution in [-0.2, 0) is 4.79 Å². The Labute approximate surface area is 140 Å². The Bertz CT molecular complexity index is 500. The van der Waals surface area contributed by atoms with Crippen molar-refractivity contribution in [1.29, 1.82) is 0 Å². The Morgan fingerprint density at radius 3 is 2.65 bits per heavy atom. The highest BCUT2D eigenvalue weighted by atomic mass is 16.3. The van der Waals surface area contributed by atoms with E-state index in [2.05, 4.69) is 26.1 Å². The molecule has 0 aromatic heterocycles. The van der Waals surface area contributed by atoms with Crippen LogP contribution in [0, 0.1) is 17.3 Å². The molecule has 0 heterocycles. The van der Waals surface area contributed by atoms with Crippen LogP contribution in [-0.4, -0.2) is 17.6 Å². The second-order valence-corrected chi connectivity index (χ2v) is 7.72. The predicted molar refractivity (Wildman–Crippen MR) is 93.9 cm³/mol. The Morgan fingerprint density at radius 2 is 2.00 bits per heavy atom. The van der Waals surface area contributed by atoms with Crippen molar-refractivity contribution < 1.29 is 9.90 Å². The topological polar surface area (TPSA) is 49.3 Å². The molecule has 2 N–H and O–H groups in total. The fourth-order valence-corrected chi connectivity index (χ4v) is 4.14. The summed E-state index contributed by atoms with van der Waals surface area (Å²) in [6.07, 6.45) is 4.90. The molecular weight excluding hydrogens is 286 g/mol. The van der Waals surface area contributed by atoms with Gasteiger partial charge in [0.2, 0.25) is 5.91 Å². The summed E-state index contributed by atoms with van der Waals surface area (Å²) in [5.41, 5.74) is 0.940. The van der Waals surface area contributed by atoms with Gasteiger partial charge in [-0.15, -0.1) is 0 Å². The van der Waals surface area contributed by atoms with Gasteiger partial charge in [0.15, 0.2) is 0 Å². The standard InChI is InChI=1S/C20H31NO2/c1-15(2)13-20(3)12-8-7-11-17(20)19(23)21-14-18(22)16-9-5-4-6-10-16/h4-6,9-10,15,17-18,22H,7-8,11-14H2,1-3H3,(H,21,23). The van der Waals surface area contributed by atoms with Crippen LogP contribution in [0.1, 0.15) is 64.5 Å². The Kier molecular flexibility index (Phi) is 6.23. The molecule has 23 heavy (non-hydrogen) atoms. The van der Waals surface area contributed by atoms with Crippen LogP contribution in [0.3, 0.4) is 0 Å². The van der Waals surface area contributed by atoms with Crippen LogP contribution in [0.5, 0.6) is 0 Å². The molecule has 3 nitrogen and oxygen atoms in total. The van der Waals surface area contributed by atoms with Gasteiger partial charge in [-0.1, -0.05) is 63.9 Å². The number of carbonyl (C=O) groups excluding carboxylic acids is 1. The van der Waals surface area contributed by atoms with Gasteiger partial charge < -0.3 is 10.4 Å². The summed E-state index contributed by atoms with van der Waals surface area (Å²) in [6.45, 7) is 7.02. The van der Waals surface area contributed by atoms with E-state index >= 15 is 0 Å². The summed E-state index contributed by atoms with van der Waals surface area (Å²) in [5, 5.41) is 13.2. The third kappa shape index (κ3) is 4.81. The van der Waals surface area contributed by atoms with Gasteiger partial charge in [-0.3, -0.25) is 4.79 Å². The number of hydrogen-bond donors (Lipinski definition) is 2. The molecule has 0 aliphatic heterocycles. The van der Waals surface area contributed by atoms with E-state index in [9.17, 15) is 9.90 Å². The molecule has 1 amide bonds. The number of hydrogen-bond acceptors (Lipinski definition) is 2. The summed E-state index contributed by atoms with van der Waals surface area (Å²) in [5.74, 6) is 0.785. The van der Waals surface area contributed by atoms with E-state index in [4.69, 9.17) is 0 Å². The summed E-state index contributed by atoms with van der Waals surface area (Å²) in [4.78, 5) is 12.7. The van der Waals surface area contributed by atoms with Crippen molar-refractivity contribution in [3.8, 4) is 0 Å². The molecule has 3 atom stereocenters. The number of amides is 1. The average molecular weight is 317 g/mol. The minimum absolute atomic E-state index is 0.0709. The largest absolute Gasteiger partial charge is 0.387 e. The van der Waals surface area contributed by atoms with Crippen molar-refractivity contribution in [2.24, 2.45) is 17.3 Å². The number of nitrogens with one attached hydrogen (secondary N) is 1. The van der Waals surface area contributed by atoms with Gasteiger partial charge in [-0.25, -0.2) is 0 Å². The molecule has 0 bridgehead atoms. The lowest BCUT2D eigenvalue weighted by atomic mass is 9.63. The molecule has 3 unspecified atom stereocenters. The zero-order chi connectivity index (χ0) is 16.9. The van der Waals surface area contributed by atoms with Crippen molar-refractivity contribution in [2.75, 3.05) is 6.54 Å². The van der Waals surface area contributed by atoms with E-state index < -0.39 is 6.10 Å². The van der Waals surface area contributed by atoms with E-state index in [1.165, 1.54) is 6.42 Å². The predicted octanol–water partition coefficient (Wildman–Crippen LogP) is 4.08. The lowest BCUT2D eigenvalue weighted by Gasteiger charge is -2.42. The number of benzene rings is 1. The van der Waals surface area contributed by atoms with Crippen LogP contribution in [0.15, 0.2) is 30.3 Å². The lowest BCUT2D eigenvalue weighted by Crippen LogP contribution is -2.44. The molecular formula is C20H31NO2. The number of aliphatic hydroxyl groups excluding tert-OH is 1. The highest BCUT2D eigenvalue weighted by Gasteiger charge is 2.41. The summed E-state index contributed by atoms with van der Waals surface area (Å²) >= 11 is 0. The molecule has 2 rings (SSSR count). The van der Waals surface area contributed by atoms with Gasteiger partial charge in [0.25, 0.3) is 0 Å². The molecule has 3 heteroatoms. The molecule has 0 radical (unpaired) electrons. The molecule has 1 aromatic carbocycles. The van der Waals surface area contributed by atoms with Crippen LogP contribution >= 0.6 is 0 Å². The highest BCUT2D eigenvalue weighted by Crippen LogP contribution is 2.45. The Balaban J connectivity index is 1.95. The number of rotatable bonds is 6. The van der Waals surface area contributed by atoms with E-state index in [0.717, 1.165) is 31.2 Å². The van der Waals surface area contributed by atoms with E-state index in [1.807, 2.05) is 30.3 Å². The molecule has 1 aliphatic rings. The second kappa shape index (κ2) is 7.96. The first-order valence-corrected chi connectivity index (χ1v) is 8.93. The van der Waals surface area contributed by atoms with Gasteiger partial charge in [0.05, 0.1) is 6.10 Å². The van der Waals surface area contributed by atoms with Crippen LogP contribution in [0.2, 0.25) is 0 Å². The molecule has 1 saturated carbocycles. The first-order valence-electron chi connectivity index (χ1n) is 8.93. The first kappa shape index (κ1) is 18.0. The highest BCUT2D eigenvalue weighted by molar-refractivity contribution is 5.79. The maximum Gasteiger partial charge on any atom is 0.223 e. The average Bonchev–Trinajstić information content (AvgIpc) is 2.52. The molecule has 0 spiro atoms. The SMILES string of the molecule is CC(C)CC1(C)CCCCC1C(=O)NCC(O)c1ccccc1. The zero-order valence-electron chi connectivity index (χ0n) is 14.7. The van der Waals surface area contributed by atoms with Crippen molar-refractivity contribution in [3.63, 3.8) is 0 Å². The fourth-order valence-electron chi connectivity index (χ4n) is 4.14. The molecule has 1 aliphatic carbocycles. The Morgan fingerprint density at radius 1 is 1.30 bits per heavy atom. The maximum absolute atomic E-state index is 12.7. The van der Waals surface area contributed by atoms with Gasteiger partial charge in [0, 0.05) is 12.5 Å². The second-order valence-electron chi connectivity index (χ2n) is 7.72. The van der Waals surface area contributed by atoms with Gasteiger partial charge >= 0.3 is 0 Å². The van der Waals surface area contributed by atoms with Crippen LogP contribution < -0.4 is 5.32 Å². The normalized spacial score (nSPS) is 26.0. The minimum Gasteiger partial charge on any atom is -0.387 e. The van der Waals surface area contributed by atoms with E-state index in [1.54, 1.807) is 0 Å². The van der Waals surface area contributed by atoms with E-state index in [0.29, 0.717) is 5.92 Å². The van der Waals surface area contributed by atoms with Crippen LogP contribution in [0.25, 0.3) is 0 Å². The Hall–Kier alpha value is -1.35. The molecule has 128 valence electrons. The molecule has 1 fully saturated rings. The quantitative estimate of drug-likeness (QED) is 0.830. The molecule has 1 aromatic rings.